The number of amides is 1. The minimum Gasteiger partial charge on any atom is -0.349 e. The monoisotopic (exact) mass is 477 g/mol. The number of rotatable bonds is 5. The number of hydrogen-bond acceptors (Lipinski definition) is 5. The molecule has 0 unspecified atom stereocenters. The van der Waals surface area contributed by atoms with Gasteiger partial charge in [0.05, 0.1) is 11.3 Å². The Kier molecular flexibility index (Phi) is 7.44. The summed E-state index contributed by atoms with van der Waals surface area (Å²) in [5.41, 5.74) is 0.221. The molecule has 0 aliphatic carbocycles. The number of carbonyl (C=O) groups is 1. The average molecular weight is 478 g/mol. The van der Waals surface area contributed by atoms with Gasteiger partial charge in [-0.1, -0.05) is 24.4 Å². The lowest BCUT2D eigenvalue weighted by molar-refractivity contribution is 0.0923. The maximum absolute atomic E-state index is 13.1. The van der Waals surface area contributed by atoms with Crippen molar-refractivity contribution in [1.82, 2.24) is 13.9 Å². The molecule has 1 amide bonds. The number of benzene rings is 1. The second kappa shape index (κ2) is 9.52. The first kappa shape index (κ1) is 23.5. The van der Waals surface area contributed by atoms with Gasteiger partial charge < -0.3 is 5.32 Å². The Hall–Kier alpha value is -1.20. The topological polar surface area (TPSA) is 104 Å². The van der Waals surface area contributed by atoms with E-state index in [-0.39, 0.29) is 21.5 Å². The summed E-state index contributed by atoms with van der Waals surface area (Å²) >= 11 is 6.20. The molecule has 0 atom stereocenters. The second-order valence-electron chi connectivity index (χ2n) is 7.87. The van der Waals surface area contributed by atoms with E-state index in [0.29, 0.717) is 39.0 Å². The van der Waals surface area contributed by atoms with E-state index in [2.05, 4.69) is 5.32 Å². The molecule has 2 aliphatic rings. The smallest absolute Gasteiger partial charge is 0.251 e. The molecule has 1 N–H and O–H groups in total. The fourth-order valence-corrected chi connectivity index (χ4v) is 6.76. The van der Waals surface area contributed by atoms with E-state index in [4.69, 9.17) is 11.6 Å². The molecule has 0 radical (unpaired) electrons. The number of halogens is 1. The first-order valence-electron chi connectivity index (χ1n) is 10.1. The van der Waals surface area contributed by atoms with Crippen LogP contribution in [-0.4, -0.2) is 69.8 Å². The molecule has 168 valence electrons. The van der Waals surface area contributed by atoms with Gasteiger partial charge in [0.25, 0.3) is 5.91 Å². The fourth-order valence-electron chi connectivity index (χ4n) is 3.86. The van der Waals surface area contributed by atoms with E-state index in [1.54, 1.807) is 0 Å². The lowest BCUT2D eigenvalue weighted by atomic mass is 10.1. The Labute approximate surface area is 183 Å². The van der Waals surface area contributed by atoms with Crippen LogP contribution in [0.15, 0.2) is 23.1 Å². The number of hydrogen-bond donors (Lipinski definition) is 1. The SMILES string of the molecule is CS(=O)(=O)N1CCC(NC(=O)c2ccc(Cl)c(S(=O)(=O)N3CCCCCC3)c2)CC1. The fraction of sp³-hybridized carbons (Fsp3) is 0.632. The Morgan fingerprint density at radius 1 is 0.967 bits per heavy atom. The molecule has 0 aromatic heterocycles. The Morgan fingerprint density at radius 2 is 1.57 bits per heavy atom. The zero-order valence-corrected chi connectivity index (χ0v) is 19.4. The Morgan fingerprint density at radius 3 is 2.13 bits per heavy atom. The predicted octanol–water partition coefficient (Wildman–Crippen LogP) is 2.06. The van der Waals surface area contributed by atoms with Crippen molar-refractivity contribution >= 4 is 37.6 Å². The summed E-state index contributed by atoms with van der Waals surface area (Å²) in [5.74, 6) is -0.392. The highest BCUT2D eigenvalue weighted by atomic mass is 35.5. The molecule has 2 saturated heterocycles. The average Bonchev–Trinajstić information content (AvgIpc) is 2.98. The van der Waals surface area contributed by atoms with Gasteiger partial charge in [0.1, 0.15) is 4.90 Å². The molecule has 2 heterocycles. The van der Waals surface area contributed by atoms with Crippen molar-refractivity contribution in [1.29, 1.82) is 0 Å². The van der Waals surface area contributed by atoms with E-state index in [1.807, 2.05) is 0 Å². The van der Waals surface area contributed by atoms with E-state index in [9.17, 15) is 21.6 Å². The second-order valence-corrected chi connectivity index (χ2v) is 12.2. The van der Waals surface area contributed by atoms with Gasteiger partial charge in [0, 0.05) is 37.8 Å². The number of carbonyl (C=O) groups excluding carboxylic acids is 1. The van der Waals surface area contributed by atoms with E-state index in [0.717, 1.165) is 25.7 Å². The van der Waals surface area contributed by atoms with Crippen LogP contribution in [0, 0.1) is 0 Å². The van der Waals surface area contributed by atoms with Crippen molar-refractivity contribution in [3.8, 4) is 0 Å². The highest BCUT2D eigenvalue weighted by Crippen LogP contribution is 2.28. The van der Waals surface area contributed by atoms with Crippen LogP contribution in [0.4, 0.5) is 0 Å². The zero-order valence-electron chi connectivity index (χ0n) is 17.0. The van der Waals surface area contributed by atoms with Crippen molar-refractivity contribution in [3.63, 3.8) is 0 Å². The summed E-state index contributed by atoms with van der Waals surface area (Å²) in [6.07, 6.45) is 5.80. The van der Waals surface area contributed by atoms with Crippen molar-refractivity contribution in [2.45, 2.75) is 49.5 Å². The maximum Gasteiger partial charge on any atom is 0.251 e. The molecule has 8 nitrogen and oxygen atoms in total. The van der Waals surface area contributed by atoms with Crippen LogP contribution in [0.1, 0.15) is 48.9 Å². The van der Waals surface area contributed by atoms with E-state index in [1.165, 1.54) is 33.1 Å². The van der Waals surface area contributed by atoms with E-state index >= 15 is 0 Å². The summed E-state index contributed by atoms with van der Waals surface area (Å²) < 4.78 is 52.3. The van der Waals surface area contributed by atoms with Gasteiger partial charge in [-0.3, -0.25) is 4.79 Å². The summed E-state index contributed by atoms with van der Waals surface area (Å²) in [6, 6.07) is 4.11. The number of sulfonamides is 2. The van der Waals surface area contributed by atoms with Crippen molar-refractivity contribution in [2.24, 2.45) is 0 Å². The molecule has 0 bridgehead atoms. The van der Waals surface area contributed by atoms with Gasteiger partial charge in [0.2, 0.25) is 20.0 Å². The molecule has 0 spiro atoms. The first-order valence-corrected chi connectivity index (χ1v) is 13.8. The highest BCUT2D eigenvalue weighted by Gasteiger charge is 2.29. The normalized spacial score (nSPS) is 20.6. The zero-order chi connectivity index (χ0) is 21.9. The highest BCUT2D eigenvalue weighted by molar-refractivity contribution is 7.89. The molecular formula is C19H28ClN3O5S2. The number of nitrogens with one attached hydrogen (secondary N) is 1. The third kappa shape index (κ3) is 5.53. The molecule has 30 heavy (non-hydrogen) atoms. The molecule has 3 rings (SSSR count). The van der Waals surface area contributed by atoms with E-state index < -0.39 is 26.0 Å². The van der Waals surface area contributed by atoms with Gasteiger partial charge in [-0.2, -0.15) is 4.31 Å². The van der Waals surface area contributed by atoms with Crippen LogP contribution in [0.25, 0.3) is 0 Å². The predicted molar refractivity (Wildman–Crippen MR) is 116 cm³/mol. The largest absolute Gasteiger partial charge is 0.349 e. The molecule has 1 aromatic rings. The molecule has 0 saturated carbocycles. The molecular weight excluding hydrogens is 450 g/mol. The summed E-state index contributed by atoms with van der Waals surface area (Å²) in [5, 5.41) is 2.98. The molecule has 11 heteroatoms. The van der Waals surface area contributed by atoms with Crippen LogP contribution >= 0.6 is 11.6 Å². The van der Waals surface area contributed by atoms with Crippen LogP contribution < -0.4 is 5.32 Å². The number of nitrogens with zero attached hydrogens (tertiary/aromatic N) is 2. The first-order chi connectivity index (χ1) is 14.1. The van der Waals surface area contributed by atoms with Crippen molar-refractivity contribution in [3.05, 3.63) is 28.8 Å². The van der Waals surface area contributed by atoms with Crippen LogP contribution in [0.2, 0.25) is 5.02 Å². The maximum atomic E-state index is 13.1. The minimum atomic E-state index is -3.78. The lowest BCUT2D eigenvalue weighted by Crippen LogP contribution is -2.46. The molecule has 2 aliphatic heterocycles. The third-order valence-corrected chi connectivity index (χ3v) is 9.32. The van der Waals surface area contributed by atoms with Gasteiger partial charge in [0.15, 0.2) is 0 Å². The van der Waals surface area contributed by atoms with Crippen molar-refractivity contribution < 1.29 is 21.6 Å². The Bertz CT molecular complexity index is 981. The van der Waals surface area contributed by atoms with Crippen LogP contribution in [-0.2, 0) is 20.0 Å². The van der Waals surface area contributed by atoms with Gasteiger partial charge >= 0.3 is 0 Å². The quantitative estimate of drug-likeness (QED) is 0.699. The minimum absolute atomic E-state index is 0.0504. The Balaban J connectivity index is 1.72. The summed E-state index contributed by atoms with van der Waals surface area (Å²) in [6.45, 7) is 1.60. The summed E-state index contributed by atoms with van der Waals surface area (Å²) in [7, 11) is -7.02. The van der Waals surface area contributed by atoms with Crippen LogP contribution in [0.3, 0.4) is 0 Å². The number of piperidine rings is 1. The van der Waals surface area contributed by atoms with Crippen molar-refractivity contribution in [2.75, 3.05) is 32.4 Å². The van der Waals surface area contributed by atoms with Crippen LogP contribution in [0.5, 0.6) is 0 Å². The van der Waals surface area contributed by atoms with Gasteiger partial charge in [-0.05, 0) is 43.9 Å². The van der Waals surface area contributed by atoms with Gasteiger partial charge in [-0.15, -0.1) is 0 Å². The summed E-state index contributed by atoms with van der Waals surface area (Å²) in [4.78, 5) is 12.7. The lowest BCUT2D eigenvalue weighted by Gasteiger charge is -2.30. The standard InChI is InChI=1S/C19H28ClN3O5S2/c1-29(25,26)22-12-8-16(9-13-22)21-19(24)15-6-7-17(20)18(14-15)30(27,28)23-10-4-2-3-5-11-23/h6-7,14,16H,2-5,8-13H2,1H3,(H,21,24). The third-order valence-electron chi connectivity index (χ3n) is 5.63. The van der Waals surface area contributed by atoms with Gasteiger partial charge in [-0.25, -0.2) is 21.1 Å². The molecule has 2 fully saturated rings. The molecule has 1 aromatic carbocycles.